The molecule has 19 heavy (non-hydrogen) atoms. The number of hydrogen-bond acceptors (Lipinski definition) is 2. The highest BCUT2D eigenvalue weighted by molar-refractivity contribution is 5.81. The molecular weight excluding hydrogens is 236 g/mol. The maximum absolute atomic E-state index is 11.2. The fraction of sp³-hybridized carbons (Fsp3) is 0.176. The Kier molecular flexibility index (Phi) is 3.61. The molecule has 96 valence electrons. The van der Waals surface area contributed by atoms with Gasteiger partial charge in [0.05, 0.1) is 0 Å². The number of hydrogen-bond donors (Lipinski definition) is 0. The molecule has 0 amide bonds. The molecule has 2 rings (SSSR count). The Morgan fingerprint density at radius 1 is 0.737 bits per heavy atom. The van der Waals surface area contributed by atoms with E-state index in [4.69, 9.17) is 0 Å². The molecule has 0 saturated carbocycles. The minimum absolute atomic E-state index is 0.394. The summed E-state index contributed by atoms with van der Waals surface area (Å²) in [6.45, 7) is 4.05. The normalized spacial score (nSPS) is 11.1. The van der Waals surface area contributed by atoms with Crippen LogP contribution in [0.4, 0.5) is 0 Å². The predicted octanol–water partition coefficient (Wildman–Crippen LogP) is 3.64. The first kappa shape index (κ1) is 13.2. The third-order valence-corrected chi connectivity index (χ3v) is 3.52. The van der Waals surface area contributed by atoms with Crippen molar-refractivity contribution in [1.29, 1.82) is 0 Å². The van der Waals surface area contributed by atoms with E-state index in [1.54, 1.807) is 12.1 Å². The summed E-state index contributed by atoms with van der Waals surface area (Å²) < 4.78 is 0. The Balaban J connectivity index is 2.64. The zero-order chi connectivity index (χ0) is 13.9. The second-order valence-electron chi connectivity index (χ2n) is 5.04. The van der Waals surface area contributed by atoms with Gasteiger partial charge in [0.1, 0.15) is 12.6 Å². The van der Waals surface area contributed by atoms with E-state index in [1.807, 2.05) is 50.2 Å². The van der Waals surface area contributed by atoms with Crippen LogP contribution < -0.4 is 0 Å². The lowest BCUT2D eigenvalue weighted by Gasteiger charge is -2.28. The van der Waals surface area contributed by atoms with Crippen molar-refractivity contribution in [2.24, 2.45) is 0 Å². The van der Waals surface area contributed by atoms with Crippen LogP contribution in [0.2, 0.25) is 0 Å². The molecule has 0 aliphatic heterocycles. The largest absolute Gasteiger partial charge is 0.298 e. The Hall–Kier alpha value is -2.22. The average Bonchev–Trinajstić information content (AvgIpc) is 2.47. The van der Waals surface area contributed by atoms with Crippen molar-refractivity contribution in [1.82, 2.24) is 0 Å². The van der Waals surface area contributed by atoms with Crippen LogP contribution in [0, 0.1) is 0 Å². The zero-order valence-electron chi connectivity index (χ0n) is 11.1. The minimum atomic E-state index is -0.394. The van der Waals surface area contributed by atoms with Crippen molar-refractivity contribution < 1.29 is 9.59 Å². The van der Waals surface area contributed by atoms with Crippen LogP contribution in [-0.2, 0) is 5.41 Å². The third kappa shape index (κ3) is 2.34. The molecule has 2 aromatic rings. The zero-order valence-corrected chi connectivity index (χ0v) is 11.1. The molecule has 0 bridgehead atoms. The summed E-state index contributed by atoms with van der Waals surface area (Å²) in [5, 5.41) is 0. The van der Waals surface area contributed by atoms with Crippen LogP contribution >= 0.6 is 0 Å². The van der Waals surface area contributed by atoms with E-state index in [2.05, 4.69) is 0 Å². The Bertz CT molecular complexity index is 559. The van der Waals surface area contributed by atoms with Gasteiger partial charge in [-0.3, -0.25) is 9.59 Å². The van der Waals surface area contributed by atoms with Gasteiger partial charge in [0.15, 0.2) is 0 Å². The summed E-state index contributed by atoms with van der Waals surface area (Å²) in [6.07, 6.45) is 1.72. The topological polar surface area (TPSA) is 34.1 Å². The van der Waals surface area contributed by atoms with Gasteiger partial charge in [-0.2, -0.15) is 0 Å². The lowest BCUT2D eigenvalue weighted by Crippen LogP contribution is -2.22. The van der Waals surface area contributed by atoms with Crippen molar-refractivity contribution in [3.05, 3.63) is 70.8 Å². The molecule has 0 unspecified atom stereocenters. The summed E-state index contributed by atoms with van der Waals surface area (Å²) in [6, 6.07) is 15.0. The molecule has 0 aromatic heterocycles. The Morgan fingerprint density at radius 2 is 1.11 bits per heavy atom. The highest BCUT2D eigenvalue weighted by Gasteiger charge is 2.27. The van der Waals surface area contributed by atoms with Crippen molar-refractivity contribution >= 4 is 12.6 Å². The van der Waals surface area contributed by atoms with Crippen molar-refractivity contribution in [2.45, 2.75) is 19.3 Å². The summed E-state index contributed by atoms with van der Waals surface area (Å²) in [5.41, 5.74) is 2.79. The highest BCUT2D eigenvalue weighted by Crippen LogP contribution is 2.34. The minimum Gasteiger partial charge on any atom is -0.298 e. The van der Waals surface area contributed by atoms with Gasteiger partial charge in [-0.1, -0.05) is 62.4 Å². The quantitative estimate of drug-likeness (QED) is 0.778. The third-order valence-electron chi connectivity index (χ3n) is 3.52. The summed E-state index contributed by atoms with van der Waals surface area (Å²) in [4.78, 5) is 22.4. The standard InChI is InChI=1S/C17H16O2/c1-17(2,15-9-5-3-7-13(15)11-18)16-10-6-4-8-14(16)12-19/h3-12H,1-2H3. The second kappa shape index (κ2) is 5.19. The summed E-state index contributed by atoms with van der Waals surface area (Å²) in [5.74, 6) is 0. The number of carbonyl (C=O) groups excluding carboxylic acids is 2. The lowest BCUT2D eigenvalue weighted by atomic mass is 9.74. The molecule has 0 aliphatic rings. The monoisotopic (exact) mass is 252 g/mol. The molecule has 0 aliphatic carbocycles. The van der Waals surface area contributed by atoms with Gasteiger partial charge in [-0.15, -0.1) is 0 Å². The van der Waals surface area contributed by atoms with Gasteiger partial charge >= 0.3 is 0 Å². The van der Waals surface area contributed by atoms with E-state index in [0.717, 1.165) is 23.7 Å². The molecule has 0 saturated heterocycles. The van der Waals surface area contributed by atoms with E-state index < -0.39 is 5.41 Å². The van der Waals surface area contributed by atoms with Crippen LogP contribution in [-0.4, -0.2) is 12.6 Å². The summed E-state index contributed by atoms with van der Waals surface area (Å²) in [7, 11) is 0. The van der Waals surface area contributed by atoms with E-state index in [0.29, 0.717) is 11.1 Å². The molecule has 2 heteroatoms. The van der Waals surface area contributed by atoms with Crippen LogP contribution in [0.1, 0.15) is 45.7 Å². The van der Waals surface area contributed by atoms with Crippen LogP contribution in [0.3, 0.4) is 0 Å². The number of rotatable bonds is 4. The molecule has 0 N–H and O–H groups in total. The second-order valence-corrected chi connectivity index (χ2v) is 5.04. The molecule has 0 atom stereocenters. The molecule has 2 nitrogen and oxygen atoms in total. The van der Waals surface area contributed by atoms with Crippen molar-refractivity contribution in [3.63, 3.8) is 0 Å². The van der Waals surface area contributed by atoms with Gasteiger partial charge < -0.3 is 0 Å². The average molecular weight is 252 g/mol. The highest BCUT2D eigenvalue weighted by atomic mass is 16.1. The number of carbonyl (C=O) groups is 2. The fourth-order valence-corrected chi connectivity index (χ4v) is 2.48. The fourth-order valence-electron chi connectivity index (χ4n) is 2.48. The van der Waals surface area contributed by atoms with Gasteiger partial charge in [0.25, 0.3) is 0 Å². The van der Waals surface area contributed by atoms with Gasteiger partial charge in [-0.05, 0) is 11.1 Å². The van der Waals surface area contributed by atoms with Gasteiger partial charge in [0.2, 0.25) is 0 Å². The molecule has 0 heterocycles. The van der Waals surface area contributed by atoms with Gasteiger partial charge in [0, 0.05) is 16.5 Å². The van der Waals surface area contributed by atoms with Crippen molar-refractivity contribution in [2.75, 3.05) is 0 Å². The Morgan fingerprint density at radius 3 is 1.47 bits per heavy atom. The number of aldehydes is 2. The SMILES string of the molecule is CC(C)(c1ccccc1C=O)c1ccccc1C=O. The van der Waals surface area contributed by atoms with Gasteiger partial charge in [-0.25, -0.2) is 0 Å². The molecular formula is C17H16O2. The number of benzene rings is 2. The van der Waals surface area contributed by atoms with E-state index in [9.17, 15) is 9.59 Å². The molecule has 0 spiro atoms. The van der Waals surface area contributed by atoms with E-state index in [1.165, 1.54) is 0 Å². The van der Waals surface area contributed by atoms with E-state index in [-0.39, 0.29) is 0 Å². The smallest absolute Gasteiger partial charge is 0.150 e. The predicted molar refractivity (Wildman–Crippen MR) is 75.8 cm³/mol. The maximum Gasteiger partial charge on any atom is 0.150 e. The maximum atomic E-state index is 11.2. The molecule has 0 fully saturated rings. The van der Waals surface area contributed by atoms with Crippen LogP contribution in [0.15, 0.2) is 48.5 Å². The first-order valence-corrected chi connectivity index (χ1v) is 6.20. The summed E-state index contributed by atoms with van der Waals surface area (Å²) >= 11 is 0. The van der Waals surface area contributed by atoms with Crippen LogP contribution in [0.5, 0.6) is 0 Å². The lowest BCUT2D eigenvalue weighted by molar-refractivity contribution is 0.111. The molecule has 2 aromatic carbocycles. The van der Waals surface area contributed by atoms with Crippen molar-refractivity contribution in [3.8, 4) is 0 Å². The first-order valence-electron chi connectivity index (χ1n) is 6.20. The van der Waals surface area contributed by atoms with E-state index >= 15 is 0 Å². The first-order chi connectivity index (χ1) is 9.11. The molecule has 0 radical (unpaired) electrons. The van der Waals surface area contributed by atoms with Crippen LogP contribution in [0.25, 0.3) is 0 Å². The Labute approximate surface area is 113 Å².